The third kappa shape index (κ3) is 3.14. The van der Waals surface area contributed by atoms with E-state index >= 15 is 0 Å². The second kappa shape index (κ2) is 6.33. The smallest absolute Gasteiger partial charge is 0.271 e. The van der Waals surface area contributed by atoms with Crippen LogP contribution in [0.15, 0.2) is 64.1 Å². The molecule has 0 atom stereocenters. The number of nitrogens with one attached hydrogen (secondary N) is 1. The van der Waals surface area contributed by atoms with E-state index in [1.54, 1.807) is 24.3 Å². The molecule has 1 aromatic heterocycles. The number of carbonyl (C=O) groups is 2. The van der Waals surface area contributed by atoms with Gasteiger partial charge in [0.15, 0.2) is 0 Å². The fourth-order valence-electron chi connectivity index (χ4n) is 2.10. The Morgan fingerprint density at radius 3 is 2.50 bits per heavy atom. The highest BCUT2D eigenvalue weighted by Crippen LogP contribution is 2.12. The molecule has 0 aliphatic carbocycles. The van der Waals surface area contributed by atoms with Gasteiger partial charge < -0.3 is 10.2 Å². The maximum atomic E-state index is 12.9. The molecule has 2 aromatic carbocycles. The van der Waals surface area contributed by atoms with E-state index in [2.05, 4.69) is 10.5 Å². The van der Waals surface area contributed by atoms with Crippen LogP contribution in [-0.4, -0.2) is 11.8 Å². The third-order valence-electron chi connectivity index (χ3n) is 3.29. The Labute approximate surface area is 135 Å². The summed E-state index contributed by atoms with van der Waals surface area (Å²) < 4.78 is 18.4. The first kappa shape index (κ1) is 15.4. The van der Waals surface area contributed by atoms with Gasteiger partial charge in [-0.3, -0.25) is 9.59 Å². The number of amides is 2. The van der Waals surface area contributed by atoms with Gasteiger partial charge >= 0.3 is 0 Å². The zero-order valence-corrected chi connectivity index (χ0v) is 12.3. The van der Waals surface area contributed by atoms with Crippen LogP contribution in [0.25, 0.3) is 11.0 Å². The van der Waals surface area contributed by atoms with Crippen molar-refractivity contribution in [3.05, 3.63) is 77.1 Å². The van der Waals surface area contributed by atoms with Crippen molar-refractivity contribution < 1.29 is 18.4 Å². The Kier molecular flexibility index (Phi) is 4.07. The highest BCUT2D eigenvalue weighted by molar-refractivity contribution is 5.96. The van der Waals surface area contributed by atoms with Crippen LogP contribution in [-0.2, 0) is 0 Å². The number of benzene rings is 2. The van der Waals surface area contributed by atoms with Crippen molar-refractivity contribution >= 4 is 22.8 Å². The largest absolute Gasteiger partial charge is 0.436 e. The molecule has 24 heavy (non-hydrogen) atoms. The summed E-state index contributed by atoms with van der Waals surface area (Å²) in [6, 6.07) is 13.5. The van der Waals surface area contributed by atoms with Gasteiger partial charge in [-0.05, 0) is 36.4 Å². The van der Waals surface area contributed by atoms with Crippen LogP contribution in [0.3, 0.4) is 0 Å². The second-order valence-electron chi connectivity index (χ2n) is 4.93. The molecule has 7 heteroatoms. The minimum atomic E-state index is -0.737. The second-order valence-corrected chi connectivity index (χ2v) is 4.93. The normalized spacial score (nSPS) is 11.5. The SMILES string of the molecule is NC(=O)c1cc2ccccc2oc1=NNC(=O)c1ccc(F)cc1. The van der Waals surface area contributed by atoms with Gasteiger partial charge in [0.05, 0.1) is 0 Å². The molecule has 0 fully saturated rings. The summed E-state index contributed by atoms with van der Waals surface area (Å²) in [5, 5.41) is 4.49. The number of para-hydroxylation sites is 1. The van der Waals surface area contributed by atoms with Crippen molar-refractivity contribution in [1.29, 1.82) is 0 Å². The highest BCUT2D eigenvalue weighted by atomic mass is 19.1. The van der Waals surface area contributed by atoms with Crippen molar-refractivity contribution in [1.82, 2.24) is 5.43 Å². The van der Waals surface area contributed by atoms with Crippen molar-refractivity contribution in [2.45, 2.75) is 0 Å². The van der Waals surface area contributed by atoms with Gasteiger partial charge in [0.1, 0.15) is 17.0 Å². The van der Waals surface area contributed by atoms with E-state index in [4.69, 9.17) is 10.2 Å². The lowest BCUT2D eigenvalue weighted by atomic mass is 10.2. The van der Waals surface area contributed by atoms with Gasteiger partial charge in [-0.1, -0.05) is 18.2 Å². The van der Waals surface area contributed by atoms with E-state index in [1.807, 2.05) is 0 Å². The molecule has 0 aliphatic heterocycles. The number of nitrogens with zero attached hydrogens (tertiary/aromatic N) is 1. The first-order chi connectivity index (χ1) is 11.5. The lowest BCUT2D eigenvalue weighted by Crippen LogP contribution is -2.27. The highest BCUT2D eigenvalue weighted by Gasteiger charge is 2.10. The number of primary amides is 1. The van der Waals surface area contributed by atoms with Crippen LogP contribution in [0, 0.1) is 5.82 Å². The Morgan fingerprint density at radius 1 is 1.08 bits per heavy atom. The predicted octanol–water partition coefficient (Wildman–Crippen LogP) is 1.92. The number of rotatable bonds is 3. The fourth-order valence-corrected chi connectivity index (χ4v) is 2.10. The summed E-state index contributed by atoms with van der Waals surface area (Å²) in [5.41, 5.74) is 8.20. The zero-order valence-electron chi connectivity index (χ0n) is 12.3. The molecular formula is C17H12FN3O3. The standard InChI is InChI=1S/C17H12FN3O3/c18-12-7-5-10(6-8-12)16(23)20-21-17-13(15(19)22)9-11-3-1-2-4-14(11)24-17/h1-9H,(H2,19,22)(H,20,23). The van der Waals surface area contributed by atoms with E-state index in [0.717, 1.165) is 12.1 Å². The molecule has 120 valence electrons. The number of nitrogens with two attached hydrogens (primary N) is 1. The molecule has 3 N–H and O–H groups in total. The average molecular weight is 325 g/mol. The summed E-state index contributed by atoms with van der Waals surface area (Å²) in [5.74, 6) is -1.77. The monoisotopic (exact) mass is 325 g/mol. The Balaban J connectivity index is 1.99. The third-order valence-corrected chi connectivity index (χ3v) is 3.29. The van der Waals surface area contributed by atoms with Gasteiger partial charge in [-0.25, -0.2) is 9.82 Å². The van der Waals surface area contributed by atoms with Crippen LogP contribution in [0.5, 0.6) is 0 Å². The topological polar surface area (TPSA) is 97.7 Å². The number of halogens is 1. The molecule has 6 nitrogen and oxygen atoms in total. The lowest BCUT2D eigenvalue weighted by Gasteiger charge is -2.02. The Morgan fingerprint density at radius 2 is 1.79 bits per heavy atom. The summed E-state index contributed by atoms with van der Waals surface area (Å²) in [7, 11) is 0. The van der Waals surface area contributed by atoms with Crippen LogP contribution in [0.1, 0.15) is 20.7 Å². The van der Waals surface area contributed by atoms with Gasteiger partial charge in [0.2, 0.25) is 5.55 Å². The minimum Gasteiger partial charge on any atom is -0.436 e. The number of fused-ring (bicyclic) bond motifs is 1. The molecule has 0 bridgehead atoms. The molecule has 0 aliphatic rings. The molecule has 2 amide bonds. The molecule has 3 rings (SSSR count). The maximum Gasteiger partial charge on any atom is 0.271 e. The number of hydrogen-bond acceptors (Lipinski definition) is 4. The lowest BCUT2D eigenvalue weighted by molar-refractivity contribution is 0.0946. The van der Waals surface area contributed by atoms with Crippen molar-refractivity contribution in [2.75, 3.05) is 0 Å². The molecule has 0 spiro atoms. The van der Waals surface area contributed by atoms with Gasteiger partial charge in [0.25, 0.3) is 11.8 Å². The maximum absolute atomic E-state index is 12.9. The summed E-state index contributed by atoms with van der Waals surface area (Å²) in [4.78, 5) is 23.6. The molecular weight excluding hydrogens is 313 g/mol. The number of hydrogen-bond donors (Lipinski definition) is 2. The molecule has 3 aromatic rings. The summed E-state index contributed by atoms with van der Waals surface area (Å²) in [6.45, 7) is 0. The molecule has 1 heterocycles. The van der Waals surface area contributed by atoms with E-state index in [0.29, 0.717) is 11.0 Å². The van der Waals surface area contributed by atoms with Crippen molar-refractivity contribution in [3.63, 3.8) is 0 Å². The molecule has 0 saturated heterocycles. The van der Waals surface area contributed by atoms with Crippen LogP contribution < -0.4 is 16.7 Å². The van der Waals surface area contributed by atoms with Crippen molar-refractivity contribution in [2.24, 2.45) is 10.8 Å². The van der Waals surface area contributed by atoms with E-state index < -0.39 is 17.6 Å². The molecule has 0 radical (unpaired) electrons. The summed E-state index contributed by atoms with van der Waals surface area (Å²) >= 11 is 0. The molecule has 0 saturated carbocycles. The first-order valence-corrected chi connectivity index (χ1v) is 6.97. The van der Waals surface area contributed by atoms with E-state index in [1.165, 1.54) is 18.2 Å². The fraction of sp³-hybridized carbons (Fsp3) is 0. The van der Waals surface area contributed by atoms with Gasteiger partial charge in [0, 0.05) is 10.9 Å². The zero-order chi connectivity index (χ0) is 17.1. The van der Waals surface area contributed by atoms with E-state index in [-0.39, 0.29) is 16.7 Å². The molecule has 0 unspecified atom stereocenters. The van der Waals surface area contributed by atoms with Crippen LogP contribution in [0.2, 0.25) is 0 Å². The van der Waals surface area contributed by atoms with Gasteiger partial charge in [-0.15, -0.1) is 5.10 Å². The Bertz CT molecular complexity index is 994. The van der Waals surface area contributed by atoms with Gasteiger partial charge in [-0.2, -0.15) is 0 Å². The first-order valence-electron chi connectivity index (χ1n) is 6.97. The quantitative estimate of drug-likeness (QED) is 0.720. The van der Waals surface area contributed by atoms with Crippen LogP contribution >= 0.6 is 0 Å². The van der Waals surface area contributed by atoms with E-state index in [9.17, 15) is 14.0 Å². The predicted molar refractivity (Wildman–Crippen MR) is 84.2 cm³/mol. The number of carbonyl (C=O) groups excluding carboxylic acids is 2. The van der Waals surface area contributed by atoms with Crippen molar-refractivity contribution in [3.8, 4) is 0 Å². The summed E-state index contributed by atoms with van der Waals surface area (Å²) in [6.07, 6.45) is 0. The Hall–Kier alpha value is -3.48. The average Bonchev–Trinajstić information content (AvgIpc) is 2.59. The van der Waals surface area contributed by atoms with Crippen LogP contribution in [0.4, 0.5) is 4.39 Å². The minimum absolute atomic E-state index is 0.0353.